The Morgan fingerprint density at radius 3 is 2.39 bits per heavy atom. The van der Waals surface area contributed by atoms with Crippen molar-refractivity contribution in [3.63, 3.8) is 0 Å². The van der Waals surface area contributed by atoms with Crippen molar-refractivity contribution in [1.82, 2.24) is 4.90 Å². The Morgan fingerprint density at radius 1 is 1.22 bits per heavy atom. The maximum absolute atomic E-state index is 13.3. The highest BCUT2D eigenvalue weighted by atomic mass is 79.9. The zero-order valence-electron chi connectivity index (χ0n) is 9.73. The summed E-state index contributed by atoms with van der Waals surface area (Å²) in [5.41, 5.74) is 1.63. The molecule has 1 nitrogen and oxygen atoms in total. The van der Waals surface area contributed by atoms with Crippen LogP contribution in [0.4, 0.5) is 13.2 Å². The Bertz CT molecular complexity index is 442. The van der Waals surface area contributed by atoms with Gasteiger partial charge in [0.25, 0.3) is 0 Å². The second-order valence-electron chi connectivity index (χ2n) is 4.35. The molecule has 1 aliphatic heterocycles. The van der Waals surface area contributed by atoms with Gasteiger partial charge in [-0.3, -0.25) is 9.29 Å². The first-order valence-electron chi connectivity index (χ1n) is 5.72. The molecule has 0 aromatic heterocycles. The van der Waals surface area contributed by atoms with Gasteiger partial charge in [0.05, 0.1) is 11.1 Å². The lowest BCUT2D eigenvalue weighted by Gasteiger charge is -2.33. The van der Waals surface area contributed by atoms with Crippen molar-refractivity contribution in [2.24, 2.45) is 0 Å². The summed E-state index contributed by atoms with van der Waals surface area (Å²) in [6.45, 7) is 1.92. The molecular weight excluding hydrogens is 307 g/mol. The largest absolute Gasteiger partial charge is 0.295 e. The molecule has 98 valence electrons. The van der Waals surface area contributed by atoms with Gasteiger partial charge in [0.2, 0.25) is 0 Å². The summed E-state index contributed by atoms with van der Waals surface area (Å²) < 4.78 is 38.4. The minimum atomic E-state index is -0.601. The van der Waals surface area contributed by atoms with E-state index < -0.39 is 11.6 Å². The number of halogens is 4. The zero-order valence-corrected chi connectivity index (χ0v) is 11.3. The fourth-order valence-corrected chi connectivity index (χ4v) is 2.18. The van der Waals surface area contributed by atoms with E-state index in [1.54, 1.807) is 6.08 Å². The van der Waals surface area contributed by atoms with Crippen LogP contribution in [-0.4, -0.2) is 31.2 Å². The van der Waals surface area contributed by atoms with Crippen LogP contribution in [0.3, 0.4) is 0 Å². The Hall–Kier alpha value is -0.810. The van der Waals surface area contributed by atoms with E-state index in [1.807, 2.05) is 0 Å². The molecule has 0 saturated carbocycles. The summed E-state index contributed by atoms with van der Waals surface area (Å²) in [7, 11) is 0. The van der Waals surface area contributed by atoms with Crippen LogP contribution in [0.25, 0.3) is 6.08 Å². The number of hydrogen-bond acceptors (Lipinski definition) is 1. The number of alkyl halides is 1. The Morgan fingerprint density at radius 2 is 1.83 bits per heavy atom. The highest BCUT2D eigenvalue weighted by Crippen LogP contribution is 2.24. The Kier molecular flexibility index (Phi) is 4.45. The third kappa shape index (κ3) is 3.14. The lowest BCUT2D eigenvalue weighted by atomic mass is 10.0. The van der Waals surface area contributed by atoms with Gasteiger partial charge in [-0.1, -0.05) is 6.08 Å². The summed E-state index contributed by atoms with van der Waals surface area (Å²) in [6.07, 6.45) is 2.32. The standard InChI is InChI=1S/C13H13BrF3N/c14-13-11(16)5-9(6-12(13)17)4-10-7-18(8-10)3-1-2-15/h4-6H,1-3,7-8H2. The molecule has 0 spiro atoms. The molecule has 1 aliphatic rings. The molecule has 0 aliphatic carbocycles. The van der Waals surface area contributed by atoms with Crippen LogP contribution in [0, 0.1) is 11.6 Å². The first-order valence-corrected chi connectivity index (χ1v) is 6.52. The maximum atomic E-state index is 13.3. The maximum Gasteiger partial charge on any atom is 0.140 e. The molecule has 5 heteroatoms. The van der Waals surface area contributed by atoms with Crippen LogP contribution in [0.15, 0.2) is 22.2 Å². The van der Waals surface area contributed by atoms with Crippen molar-refractivity contribution >= 4 is 22.0 Å². The molecule has 2 rings (SSSR count). The average molecular weight is 320 g/mol. The van der Waals surface area contributed by atoms with Crippen LogP contribution in [-0.2, 0) is 0 Å². The highest BCUT2D eigenvalue weighted by Gasteiger charge is 2.19. The van der Waals surface area contributed by atoms with Gasteiger partial charge in [-0.15, -0.1) is 0 Å². The van der Waals surface area contributed by atoms with E-state index in [2.05, 4.69) is 20.8 Å². The number of likely N-dealkylation sites (tertiary alicyclic amines) is 1. The second-order valence-corrected chi connectivity index (χ2v) is 5.15. The van der Waals surface area contributed by atoms with Gasteiger partial charge in [-0.2, -0.15) is 0 Å². The van der Waals surface area contributed by atoms with E-state index in [9.17, 15) is 13.2 Å². The number of benzene rings is 1. The third-order valence-corrected chi connectivity index (χ3v) is 3.60. The zero-order chi connectivity index (χ0) is 13.1. The molecule has 0 amide bonds. The van der Waals surface area contributed by atoms with E-state index in [-0.39, 0.29) is 11.1 Å². The summed E-state index contributed by atoms with van der Waals surface area (Å²) >= 11 is 2.83. The molecule has 0 N–H and O–H groups in total. The number of rotatable bonds is 4. The molecule has 0 atom stereocenters. The molecule has 1 aromatic rings. The predicted octanol–water partition coefficient (Wildman–Crippen LogP) is 3.79. The first-order chi connectivity index (χ1) is 8.60. The van der Waals surface area contributed by atoms with E-state index in [0.29, 0.717) is 12.0 Å². The van der Waals surface area contributed by atoms with Crippen molar-refractivity contribution in [3.8, 4) is 0 Å². The molecule has 1 aromatic carbocycles. The van der Waals surface area contributed by atoms with Crippen molar-refractivity contribution in [2.45, 2.75) is 6.42 Å². The van der Waals surface area contributed by atoms with Gasteiger partial charge in [0.1, 0.15) is 11.6 Å². The SMILES string of the molecule is FCCCN1CC(=Cc2cc(F)c(Br)c(F)c2)C1. The molecule has 18 heavy (non-hydrogen) atoms. The van der Waals surface area contributed by atoms with Crippen LogP contribution >= 0.6 is 15.9 Å². The topological polar surface area (TPSA) is 3.24 Å². The normalized spacial score (nSPS) is 15.7. The third-order valence-electron chi connectivity index (χ3n) is 2.84. The van der Waals surface area contributed by atoms with Crippen molar-refractivity contribution in [3.05, 3.63) is 39.4 Å². The smallest absolute Gasteiger partial charge is 0.140 e. The van der Waals surface area contributed by atoms with Gasteiger partial charge in [0.15, 0.2) is 0 Å². The average Bonchev–Trinajstić information content (AvgIpc) is 2.28. The monoisotopic (exact) mass is 319 g/mol. The van der Waals surface area contributed by atoms with Crippen LogP contribution < -0.4 is 0 Å². The summed E-state index contributed by atoms with van der Waals surface area (Å²) in [5, 5.41) is 0. The molecular formula is C13H13BrF3N. The number of nitrogens with zero attached hydrogens (tertiary/aromatic N) is 1. The van der Waals surface area contributed by atoms with Crippen molar-refractivity contribution < 1.29 is 13.2 Å². The summed E-state index contributed by atoms with van der Waals surface area (Å²) in [4.78, 5) is 2.09. The van der Waals surface area contributed by atoms with Crippen molar-refractivity contribution in [2.75, 3.05) is 26.3 Å². The predicted molar refractivity (Wildman–Crippen MR) is 69.1 cm³/mol. The first kappa shape index (κ1) is 13.6. The fraction of sp³-hybridized carbons (Fsp3) is 0.385. The highest BCUT2D eigenvalue weighted by molar-refractivity contribution is 9.10. The van der Waals surface area contributed by atoms with Gasteiger partial charge in [-0.05, 0) is 45.6 Å². The van der Waals surface area contributed by atoms with Crippen LogP contribution in [0.5, 0.6) is 0 Å². The van der Waals surface area contributed by atoms with E-state index in [4.69, 9.17) is 0 Å². The number of hydrogen-bond donors (Lipinski definition) is 0. The minimum Gasteiger partial charge on any atom is -0.295 e. The molecule has 1 saturated heterocycles. The van der Waals surface area contributed by atoms with Crippen LogP contribution in [0.1, 0.15) is 12.0 Å². The van der Waals surface area contributed by atoms with E-state index >= 15 is 0 Å². The fourth-order valence-electron chi connectivity index (χ4n) is 1.96. The quantitative estimate of drug-likeness (QED) is 0.763. The van der Waals surface area contributed by atoms with Gasteiger partial charge >= 0.3 is 0 Å². The van der Waals surface area contributed by atoms with Crippen molar-refractivity contribution in [1.29, 1.82) is 0 Å². The Balaban J connectivity index is 1.99. The molecule has 1 fully saturated rings. The van der Waals surface area contributed by atoms with Gasteiger partial charge in [-0.25, -0.2) is 8.78 Å². The van der Waals surface area contributed by atoms with Crippen LogP contribution in [0.2, 0.25) is 0 Å². The molecule has 0 bridgehead atoms. The minimum absolute atomic E-state index is 0.136. The van der Waals surface area contributed by atoms with Gasteiger partial charge in [0, 0.05) is 19.6 Å². The summed E-state index contributed by atoms with van der Waals surface area (Å²) in [6, 6.07) is 2.59. The van der Waals surface area contributed by atoms with E-state index in [1.165, 1.54) is 12.1 Å². The lowest BCUT2D eigenvalue weighted by Crippen LogP contribution is -2.40. The molecule has 1 heterocycles. The Labute approximate surface area is 112 Å². The lowest BCUT2D eigenvalue weighted by molar-refractivity contribution is 0.239. The summed E-state index contributed by atoms with van der Waals surface area (Å²) in [5.74, 6) is -1.20. The van der Waals surface area contributed by atoms with Gasteiger partial charge < -0.3 is 0 Å². The molecule has 0 unspecified atom stereocenters. The molecule has 0 radical (unpaired) electrons. The second kappa shape index (κ2) is 5.89. The van der Waals surface area contributed by atoms with E-state index in [0.717, 1.165) is 25.2 Å².